The third-order valence-corrected chi connectivity index (χ3v) is 7.78. The number of urea groups is 1. The third kappa shape index (κ3) is 3.33. The topological polar surface area (TPSA) is 53.1 Å². The lowest BCUT2D eigenvalue weighted by atomic mass is 9.85. The lowest BCUT2D eigenvalue weighted by molar-refractivity contribution is -0.127. The number of carbonyl (C=O) groups is 2. The van der Waals surface area contributed by atoms with Crippen molar-refractivity contribution in [2.45, 2.75) is 63.2 Å². The van der Waals surface area contributed by atoms with Gasteiger partial charge in [-0.3, -0.25) is 4.79 Å². The number of imide groups is 1. The lowest BCUT2D eigenvalue weighted by Gasteiger charge is -2.43. The zero-order chi connectivity index (χ0) is 20.9. The number of carbonyl (C=O) groups excluding carboxylic acids is 2. The summed E-state index contributed by atoms with van der Waals surface area (Å²) in [5.74, 6) is 0.611. The molecule has 7 heteroatoms. The first-order chi connectivity index (χ1) is 14.5. The second-order valence-electron chi connectivity index (χ2n) is 9.27. The minimum absolute atomic E-state index is 0.0829. The van der Waals surface area contributed by atoms with Gasteiger partial charge in [0, 0.05) is 31.2 Å². The van der Waals surface area contributed by atoms with E-state index in [1.165, 1.54) is 30.6 Å². The monoisotopic (exact) mass is 431 g/mol. The minimum Gasteiger partial charge on any atom is -0.375 e. The number of rotatable bonds is 4. The van der Waals surface area contributed by atoms with E-state index in [-0.39, 0.29) is 11.9 Å². The number of likely N-dealkylation sites (tertiary alicyclic amines) is 1. The first-order valence-electron chi connectivity index (χ1n) is 11.3. The van der Waals surface area contributed by atoms with Crippen molar-refractivity contribution < 1.29 is 14.3 Å². The Morgan fingerprint density at radius 2 is 1.70 bits per heavy atom. The van der Waals surface area contributed by atoms with Crippen molar-refractivity contribution in [3.63, 3.8) is 0 Å². The van der Waals surface area contributed by atoms with Crippen molar-refractivity contribution >= 4 is 29.2 Å². The summed E-state index contributed by atoms with van der Waals surface area (Å²) in [5.41, 5.74) is -0.110. The number of fused-ring (bicyclic) bond motifs is 2. The maximum absolute atomic E-state index is 13.5. The van der Waals surface area contributed by atoms with Crippen molar-refractivity contribution in [2.24, 2.45) is 5.92 Å². The number of anilines is 1. The summed E-state index contributed by atoms with van der Waals surface area (Å²) < 4.78 is 5.99. The Morgan fingerprint density at radius 1 is 1.07 bits per heavy atom. The molecule has 2 bridgehead atoms. The molecule has 0 radical (unpaired) electrons. The largest absolute Gasteiger partial charge is 0.375 e. The summed E-state index contributed by atoms with van der Waals surface area (Å²) in [6.45, 7) is 5.30. The van der Waals surface area contributed by atoms with Crippen LogP contribution in [0.25, 0.3) is 0 Å². The van der Waals surface area contributed by atoms with E-state index in [4.69, 9.17) is 16.3 Å². The van der Waals surface area contributed by atoms with Crippen molar-refractivity contribution in [2.75, 3.05) is 31.1 Å². The second kappa shape index (κ2) is 7.81. The van der Waals surface area contributed by atoms with Gasteiger partial charge in [0.25, 0.3) is 5.91 Å². The fourth-order valence-corrected chi connectivity index (χ4v) is 6.17. The van der Waals surface area contributed by atoms with Crippen molar-refractivity contribution in [1.82, 2.24) is 9.80 Å². The van der Waals surface area contributed by atoms with E-state index in [2.05, 4.69) is 4.90 Å². The average molecular weight is 432 g/mol. The Bertz CT molecular complexity index is 809. The molecule has 0 aromatic heterocycles. The summed E-state index contributed by atoms with van der Waals surface area (Å²) in [5, 5.41) is 0.592. The number of piperidine rings is 1. The molecule has 5 rings (SSSR count). The van der Waals surface area contributed by atoms with E-state index in [0.29, 0.717) is 48.2 Å². The van der Waals surface area contributed by atoms with Crippen LogP contribution < -0.4 is 4.90 Å². The summed E-state index contributed by atoms with van der Waals surface area (Å²) in [7, 11) is 0. The average Bonchev–Trinajstić information content (AvgIpc) is 3.18. The fourth-order valence-electron chi connectivity index (χ4n) is 6.04. The number of amides is 3. The molecule has 30 heavy (non-hydrogen) atoms. The van der Waals surface area contributed by atoms with E-state index in [0.717, 1.165) is 19.6 Å². The highest BCUT2D eigenvalue weighted by Crippen LogP contribution is 2.41. The lowest BCUT2D eigenvalue weighted by Crippen LogP contribution is -2.57. The van der Waals surface area contributed by atoms with E-state index in [1.807, 2.05) is 6.92 Å². The van der Waals surface area contributed by atoms with Gasteiger partial charge in [0.1, 0.15) is 5.54 Å². The van der Waals surface area contributed by atoms with Crippen LogP contribution in [0.5, 0.6) is 0 Å². The SMILES string of the molecule is CCN1C(=O)N(c2ccc(Cl)cc2)C(=O)C12CCN(CC1CC3CCC(C1)O3)CC2. The smallest absolute Gasteiger partial charge is 0.332 e. The van der Waals surface area contributed by atoms with E-state index < -0.39 is 5.54 Å². The maximum atomic E-state index is 13.5. The van der Waals surface area contributed by atoms with E-state index >= 15 is 0 Å². The predicted molar refractivity (Wildman–Crippen MR) is 116 cm³/mol. The molecule has 162 valence electrons. The fraction of sp³-hybridized carbons (Fsp3) is 0.652. The van der Waals surface area contributed by atoms with Gasteiger partial charge in [0.2, 0.25) is 0 Å². The summed E-state index contributed by atoms with van der Waals surface area (Å²) >= 11 is 6.00. The zero-order valence-corrected chi connectivity index (χ0v) is 18.3. The van der Waals surface area contributed by atoms with Crippen molar-refractivity contribution in [3.8, 4) is 0 Å². The molecule has 4 fully saturated rings. The molecule has 1 aromatic carbocycles. The molecule has 2 unspecified atom stereocenters. The van der Waals surface area contributed by atoms with Crippen LogP contribution in [0.2, 0.25) is 5.02 Å². The Hall–Kier alpha value is -1.63. The second-order valence-corrected chi connectivity index (χ2v) is 9.71. The number of ether oxygens (including phenoxy) is 1. The Balaban J connectivity index is 1.29. The summed E-state index contributed by atoms with van der Waals surface area (Å²) in [4.78, 5) is 32.3. The Morgan fingerprint density at radius 3 is 2.30 bits per heavy atom. The van der Waals surface area contributed by atoms with Crippen molar-refractivity contribution in [3.05, 3.63) is 29.3 Å². The van der Waals surface area contributed by atoms with Gasteiger partial charge in [0.15, 0.2) is 0 Å². The van der Waals surface area contributed by atoms with Crippen LogP contribution in [0, 0.1) is 5.92 Å². The normalized spacial score (nSPS) is 31.2. The molecule has 1 aromatic rings. The van der Waals surface area contributed by atoms with Gasteiger partial charge < -0.3 is 14.5 Å². The standard InChI is InChI=1S/C23H30ClN3O3/c1-2-26-22(29)27(18-5-3-17(24)4-6-18)21(28)23(26)9-11-25(12-10-23)15-16-13-19-7-8-20(14-16)30-19/h3-6,16,19-20H,2,7-15H2,1H3. The predicted octanol–water partition coefficient (Wildman–Crippen LogP) is 3.92. The Kier molecular flexibility index (Phi) is 5.28. The number of hydrogen-bond acceptors (Lipinski definition) is 4. The van der Waals surface area contributed by atoms with Crippen LogP contribution in [0.4, 0.5) is 10.5 Å². The van der Waals surface area contributed by atoms with Crippen LogP contribution in [-0.4, -0.2) is 65.7 Å². The molecule has 4 saturated heterocycles. The van der Waals surface area contributed by atoms with Gasteiger partial charge in [-0.15, -0.1) is 0 Å². The molecule has 1 spiro atoms. The molecule has 3 amide bonds. The van der Waals surface area contributed by atoms with Gasteiger partial charge in [0.05, 0.1) is 17.9 Å². The van der Waals surface area contributed by atoms with Crippen LogP contribution in [0.3, 0.4) is 0 Å². The molecular weight excluding hydrogens is 402 g/mol. The number of halogens is 1. The minimum atomic E-state index is -0.712. The van der Waals surface area contributed by atoms with Gasteiger partial charge in [-0.05, 0) is 75.6 Å². The number of likely N-dealkylation sites (N-methyl/N-ethyl adjacent to an activating group) is 1. The summed E-state index contributed by atoms with van der Waals surface area (Å²) in [6.07, 6.45) is 7.09. The number of hydrogen-bond donors (Lipinski definition) is 0. The molecule has 4 aliphatic heterocycles. The van der Waals surface area contributed by atoms with Crippen molar-refractivity contribution in [1.29, 1.82) is 0 Å². The maximum Gasteiger partial charge on any atom is 0.332 e. The van der Waals surface area contributed by atoms with E-state index in [9.17, 15) is 9.59 Å². The highest BCUT2D eigenvalue weighted by molar-refractivity contribution is 6.31. The highest BCUT2D eigenvalue weighted by atomic mass is 35.5. The Labute approximate surface area is 183 Å². The molecule has 0 aliphatic carbocycles. The van der Waals surface area contributed by atoms with Crippen LogP contribution in [-0.2, 0) is 9.53 Å². The molecular formula is C23H30ClN3O3. The van der Waals surface area contributed by atoms with Gasteiger partial charge in [-0.1, -0.05) is 11.6 Å². The zero-order valence-electron chi connectivity index (χ0n) is 17.6. The molecule has 0 N–H and O–H groups in total. The number of nitrogens with zero attached hydrogens (tertiary/aromatic N) is 3. The molecule has 0 saturated carbocycles. The summed E-state index contributed by atoms with van der Waals surface area (Å²) in [6, 6.07) is 6.74. The van der Waals surface area contributed by atoms with Crippen LogP contribution >= 0.6 is 11.6 Å². The quantitative estimate of drug-likeness (QED) is 0.678. The number of benzene rings is 1. The molecule has 4 aliphatic rings. The molecule has 6 nitrogen and oxygen atoms in total. The first kappa shape index (κ1) is 20.3. The van der Waals surface area contributed by atoms with Gasteiger partial charge in [-0.2, -0.15) is 0 Å². The van der Waals surface area contributed by atoms with Crippen LogP contribution in [0.1, 0.15) is 45.4 Å². The van der Waals surface area contributed by atoms with Gasteiger partial charge >= 0.3 is 6.03 Å². The third-order valence-electron chi connectivity index (χ3n) is 7.53. The van der Waals surface area contributed by atoms with Gasteiger partial charge in [-0.25, -0.2) is 9.69 Å². The van der Waals surface area contributed by atoms with Crippen LogP contribution in [0.15, 0.2) is 24.3 Å². The molecule has 4 heterocycles. The highest BCUT2D eigenvalue weighted by Gasteiger charge is 2.58. The first-order valence-corrected chi connectivity index (χ1v) is 11.7. The molecule has 2 atom stereocenters. The van der Waals surface area contributed by atoms with E-state index in [1.54, 1.807) is 29.2 Å².